The minimum Gasteiger partial charge on any atom is -0.493 e. The van der Waals surface area contributed by atoms with Crippen LogP contribution in [0.1, 0.15) is 36.5 Å². The molecule has 1 unspecified atom stereocenters. The Hall–Kier alpha value is -3.29. The Morgan fingerprint density at radius 3 is 2.44 bits per heavy atom. The molecule has 2 aliphatic rings. The Labute approximate surface area is 187 Å². The number of urea groups is 1. The second-order valence-electron chi connectivity index (χ2n) is 8.10. The Kier molecular flexibility index (Phi) is 6.21. The van der Waals surface area contributed by atoms with E-state index < -0.39 is 5.82 Å². The Bertz CT molecular complexity index is 1030. The number of anilines is 1. The fourth-order valence-corrected chi connectivity index (χ4v) is 4.45. The second-order valence-corrected chi connectivity index (χ2v) is 8.10. The van der Waals surface area contributed by atoms with Crippen molar-refractivity contribution in [2.24, 2.45) is 5.10 Å². The largest absolute Gasteiger partial charge is 0.493 e. The summed E-state index contributed by atoms with van der Waals surface area (Å²) < 4.78 is 26.4. The molecular weight excluding hydrogens is 411 g/mol. The Morgan fingerprint density at radius 1 is 1.16 bits per heavy atom. The fourth-order valence-electron chi connectivity index (χ4n) is 4.45. The number of carbonyl (C=O) groups excluding carboxylic acids is 1. The van der Waals surface area contributed by atoms with Gasteiger partial charge in [0.1, 0.15) is 5.71 Å². The minimum atomic E-state index is -0.546. The number of rotatable bonds is 4. The van der Waals surface area contributed by atoms with E-state index in [0.29, 0.717) is 29.0 Å². The van der Waals surface area contributed by atoms with Crippen molar-refractivity contribution in [1.29, 1.82) is 0 Å². The summed E-state index contributed by atoms with van der Waals surface area (Å²) in [4.78, 5) is 14.9. The summed E-state index contributed by atoms with van der Waals surface area (Å²) >= 11 is 0. The molecule has 1 saturated heterocycles. The SMILES string of the molecule is CNC(=O)N1N=C(c2ccc(N3CCCC3)cc2)c2c(cc(OC)c(OC)c2F)CC1C. The van der Waals surface area contributed by atoms with Crippen LogP contribution >= 0.6 is 0 Å². The zero-order valence-corrected chi connectivity index (χ0v) is 18.9. The number of methoxy groups -OCH3 is 2. The van der Waals surface area contributed by atoms with E-state index in [9.17, 15) is 4.79 Å². The molecule has 170 valence electrons. The number of carbonyl (C=O) groups is 1. The molecule has 8 heteroatoms. The van der Waals surface area contributed by atoms with Gasteiger partial charge in [-0.25, -0.2) is 14.2 Å². The van der Waals surface area contributed by atoms with Crippen molar-refractivity contribution in [3.8, 4) is 11.5 Å². The van der Waals surface area contributed by atoms with Crippen LogP contribution in [0.3, 0.4) is 0 Å². The lowest BCUT2D eigenvalue weighted by Gasteiger charge is -2.22. The molecule has 0 bridgehead atoms. The first-order chi connectivity index (χ1) is 15.5. The van der Waals surface area contributed by atoms with Gasteiger partial charge in [0, 0.05) is 37.0 Å². The molecule has 7 nitrogen and oxygen atoms in total. The van der Waals surface area contributed by atoms with Gasteiger partial charge < -0.3 is 19.7 Å². The van der Waals surface area contributed by atoms with Gasteiger partial charge in [0.2, 0.25) is 0 Å². The molecule has 32 heavy (non-hydrogen) atoms. The number of fused-ring (bicyclic) bond motifs is 1. The molecule has 0 aromatic heterocycles. The highest BCUT2D eigenvalue weighted by Crippen LogP contribution is 2.38. The molecular formula is C24H29FN4O3. The molecule has 2 aromatic rings. The second kappa shape index (κ2) is 9.06. The van der Waals surface area contributed by atoms with Gasteiger partial charge in [-0.3, -0.25) is 0 Å². The molecule has 2 amide bonds. The van der Waals surface area contributed by atoms with Gasteiger partial charge in [0.05, 0.1) is 20.3 Å². The average molecular weight is 441 g/mol. The van der Waals surface area contributed by atoms with Gasteiger partial charge in [-0.05, 0) is 49.9 Å². The lowest BCUT2D eigenvalue weighted by Crippen LogP contribution is -2.41. The molecule has 2 heterocycles. The molecule has 2 aromatic carbocycles. The van der Waals surface area contributed by atoms with Crippen molar-refractivity contribution in [1.82, 2.24) is 10.3 Å². The van der Waals surface area contributed by atoms with Gasteiger partial charge in [-0.15, -0.1) is 0 Å². The van der Waals surface area contributed by atoms with Crippen LogP contribution in [0.5, 0.6) is 11.5 Å². The van der Waals surface area contributed by atoms with Crippen LogP contribution in [0.25, 0.3) is 0 Å². The number of ether oxygens (including phenoxy) is 2. The predicted molar refractivity (Wildman–Crippen MR) is 122 cm³/mol. The number of hydrogen-bond donors (Lipinski definition) is 1. The molecule has 0 saturated carbocycles. The van der Waals surface area contributed by atoms with E-state index in [1.54, 1.807) is 13.1 Å². The number of amides is 2. The van der Waals surface area contributed by atoms with Crippen molar-refractivity contribution in [3.05, 3.63) is 52.8 Å². The molecule has 0 aliphatic carbocycles. The summed E-state index contributed by atoms with van der Waals surface area (Å²) in [5.74, 6) is -0.211. The number of hydrazone groups is 1. The van der Waals surface area contributed by atoms with Crippen LogP contribution in [-0.2, 0) is 6.42 Å². The van der Waals surface area contributed by atoms with Gasteiger partial charge >= 0.3 is 6.03 Å². The molecule has 1 N–H and O–H groups in total. The molecule has 0 radical (unpaired) electrons. The van der Waals surface area contributed by atoms with Crippen LogP contribution in [0.2, 0.25) is 0 Å². The topological polar surface area (TPSA) is 66.4 Å². The summed E-state index contributed by atoms with van der Waals surface area (Å²) in [5, 5.41) is 8.65. The first-order valence-corrected chi connectivity index (χ1v) is 10.9. The van der Waals surface area contributed by atoms with Crippen LogP contribution < -0.4 is 19.7 Å². The number of hydrogen-bond acceptors (Lipinski definition) is 5. The van der Waals surface area contributed by atoms with E-state index in [0.717, 1.165) is 24.3 Å². The number of benzene rings is 2. The van der Waals surface area contributed by atoms with E-state index in [-0.39, 0.29) is 17.8 Å². The van der Waals surface area contributed by atoms with Crippen molar-refractivity contribution in [2.75, 3.05) is 39.3 Å². The first kappa shape index (κ1) is 21.9. The summed E-state index contributed by atoms with van der Waals surface area (Å²) in [5.41, 5.74) is 3.28. The number of nitrogens with zero attached hydrogens (tertiary/aromatic N) is 3. The van der Waals surface area contributed by atoms with Crippen molar-refractivity contribution in [2.45, 2.75) is 32.2 Å². The summed E-state index contributed by atoms with van der Waals surface area (Å²) in [6.07, 6.45) is 2.79. The van der Waals surface area contributed by atoms with Crippen LogP contribution in [-0.4, -0.2) is 57.2 Å². The normalized spacial score (nSPS) is 18.0. The Balaban J connectivity index is 1.88. The third kappa shape index (κ3) is 3.85. The van der Waals surface area contributed by atoms with Crippen molar-refractivity contribution < 1.29 is 18.7 Å². The van der Waals surface area contributed by atoms with Gasteiger partial charge in [0.25, 0.3) is 0 Å². The fraction of sp³-hybridized carbons (Fsp3) is 0.417. The maximum Gasteiger partial charge on any atom is 0.337 e. The van der Waals surface area contributed by atoms with Crippen LogP contribution in [0.15, 0.2) is 35.4 Å². The van der Waals surface area contributed by atoms with Crippen LogP contribution in [0, 0.1) is 5.82 Å². The zero-order valence-electron chi connectivity index (χ0n) is 18.9. The highest BCUT2D eigenvalue weighted by molar-refractivity contribution is 6.15. The molecule has 1 atom stereocenters. The third-order valence-electron chi connectivity index (χ3n) is 6.10. The lowest BCUT2D eigenvalue weighted by atomic mass is 9.93. The van der Waals surface area contributed by atoms with Gasteiger partial charge in [-0.1, -0.05) is 12.1 Å². The summed E-state index contributed by atoms with van der Waals surface area (Å²) in [7, 11) is 4.44. The highest BCUT2D eigenvalue weighted by Gasteiger charge is 2.31. The Morgan fingerprint density at radius 2 is 1.84 bits per heavy atom. The van der Waals surface area contributed by atoms with E-state index in [2.05, 4.69) is 15.3 Å². The van der Waals surface area contributed by atoms with Crippen LogP contribution in [0.4, 0.5) is 14.9 Å². The predicted octanol–water partition coefficient (Wildman–Crippen LogP) is 3.78. The number of halogens is 1. The monoisotopic (exact) mass is 440 g/mol. The summed E-state index contributed by atoms with van der Waals surface area (Å²) in [6, 6.07) is 9.06. The van der Waals surface area contributed by atoms with E-state index >= 15 is 4.39 Å². The van der Waals surface area contributed by atoms with Gasteiger partial charge in [-0.2, -0.15) is 5.10 Å². The van der Waals surface area contributed by atoms with Crippen molar-refractivity contribution in [3.63, 3.8) is 0 Å². The molecule has 4 rings (SSSR count). The first-order valence-electron chi connectivity index (χ1n) is 10.9. The number of nitrogens with one attached hydrogen (secondary N) is 1. The van der Waals surface area contributed by atoms with Gasteiger partial charge in [0.15, 0.2) is 17.3 Å². The maximum absolute atomic E-state index is 15.8. The summed E-state index contributed by atoms with van der Waals surface area (Å²) in [6.45, 7) is 3.96. The van der Waals surface area contributed by atoms with E-state index in [1.807, 2.05) is 31.2 Å². The van der Waals surface area contributed by atoms with E-state index in [1.165, 1.54) is 32.1 Å². The standard InChI is InChI=1S/C24H29FN4O3/c1-15-13-17-14-19(31-3)23(32-4)21(25)20(17)22(27-29(15)24(30)26-2)16-7-9-18(10-8-16)28-11-5-6-12-28/h7-10,14-15H,5-6,11-13H2,1-4H3,(H,26,30). The van der Waals surface area contributed by atoms with E-state index in [4.69, 9.17) is 9.47 Å². The average Bonchev–Trinajstić information content (AvgIpc) is 3.30. The lowest BCUT2D eigenvalue weighted by molar-refractivity contribution is 0.184. The molecule has 0 spiro atoms. The minimum absolute atomic E-state index is 0.0219. The smallest absolute Gasteiger partial charge is 0.337 e. The molecule has 2 aliphatic heterocycles. The molecule has 1 fully saturated rings. The van der Waals surface area contributed by atoms with Crippen molar-refractivity contribution >= 4 is 17.4 Å². The zero-order chi connectivity index (χ0) is 22.8. The third-order valence-corrected chi connectivity index (χ3v) is 6.10. The highest BCUT2D eigenvalue weighted by atomic mass is 19.1. The maximum atomic E-state index is 15.8. The quantitative estimate of drug-likeness (QED) is 0.786.